The maximum atomic E-state index is 4.76. The SMILES string of the molecule is C=c1/c(=C\C2=C(C)c3ccccc3C2(C)C)n(-c2ccccc2)c2ccc(-c3cccc(-c4ccc5c6ccccc6c6ccccc6c5c4)c3)cc12. The van der Waals surface area contributed by atoms with Crippen LogP contribution in [-0.2, 0) is 5.41 Å². The molecule has 1 nitrogen and oxygen atoms in total. The Balaban J connectivity index is 1.13. The first kappa shape index (κ1) is 31.3. The zero-order valence-corrected chi connectivity index (χ0v) is 30.3. The van der Waals surface area contributed by atoms with Gasteiger partial charge < -0.3 is 4.57 Å². The van der Waals surface area contributed by atoms with E-state index in [2.05, 4.69) is 195 Å². The Morgan fingerprint density at radius 2 is 1.02 bits per heavy atom. The van der Waals surface area contributed by atoms with Gasteiger partial charge in [0.2, 0.25) is 0 Å². The normalized spacial score (nSPS) is 14.2. The summed E-state index contributed by atoms with van der Waals surface area (Å²) in [6.45, 7) is 11.7. The summed E-state index contributed by atoms with van der Waals surface area (Å²) in [4.78, 5) is 0. The van der Waals surface area contributed by atoms with E-state index in [1.165, 1.54) is 82.2 Å². The zero-order valence-electron chi connectivity index (χ0n) is 30.3. The molecule has 8 aromatic carbocycles. The van der Waals surface area contributed by atoms with Crippen molar-refractivity contribution in [1.29, 1.82) is 0 Å². The second-order valence-corrected chi connectivity index (χ2v) is 15.1. The maximum absolute atomic E-state index is 4.76. The molecule has 0 saturated heterocycles. The molecule has 252 valence electrons. The van der Waals surface area contributed by atoms with Gasteiger partial charge in [-0.2, -0.15) is 0 Å². The highest BCUT2D eigenvalue weighted by molar-refractivity contribution is 6.25. The molecular weight excluding hydrogens is 639 g/mol. The summed E-state index contributed by atoms with van der Waals surface area (Å²) in [5.41, 5.74) is 12.4. The van der Waals surface area contributed by atoms with Gasteiger partial charge in [0.1, 0.15) is 0 Å². The molecule has 9 aromatic rings. The molecule has 0 atom stereocenters. The Hall–Kier alpha value is -6.44. The molecule has 0 bridgehead atoms. The molecule has 1 heteroatoms. The lowest BCUT2D eigenvalue weighted by atomic mass is 9.81. The summed E-state index contributed by atoms with van der Waals surface area (Å²) in [5.74, 6) is 0. The molecule has 0 fully saturated rings. The monoisotopic (exact) mass is 677 g/mol. The number of hydrogen-bond donors (Lipinski definition) is 0. The highest BCUT2D eigenvalue weighted by atomic mass is 15.0. The second kappa shape index (κ2) is 11.8. The molecule has 0 unspecified atom stereocenters. The minimum Gasteiger partial charge on any atom is -0.309 e. The second-order valence-electron chi connectivity index (χ2n) is 15.1. The van der Waals surface area contributed by atoms with Gasteiger partial charge in [0.25, 0.3) is 0 Å². The van der Waals surface area contributed by atoms with Crippen LogP contribution in [0.25, 0.3) is 89.4 Å². The van der Waals surface area contributed by atoms with Gasteiger partial charge in [0, 0.05) is 21.7 Å². The van der Waals surface area contributed by atoms with Crippen LogP contribution < -0.4 is 10.6 Å². The van der Waals surface area contributed by atoms with Crippen molar-refractivity contribution in [3.63, 3.8) is 0 Å². The molecule has 0 N–H and O–H groups in total. The minimum absolute atomic E-state index is 0.112. The number of hydrogen-bond acceptors (Lipinski definition) is 0. The van der Waals surface area contributed by atoms with Crippen LogP contribution in [0.2, 0.25) is 0 Å². The maximum Gasteiger partial charge on any atom is 0.0541 e. The van der Waals surface area contributed by atoms with Crippen molar-refractivity contribution in [2.24, 2.45) is 0 Å². The fraction of sp³-hybridized carbons (Fsp3) is 0.0769. The molecule has 0 amide bonds. The van der Waals surface area contributed by atoms with E-state index in [1.54, 1.807) is 0 Å². The quantitative estimate of drug-likeness (QED) is 0.163. The van der Waals surface area contributed by atoms with Crippen molar-refractivity contribution in [1.82, 2.24) is 4.57 Å². The van der Waals surface area contributed by atoms with E-state index in [9.17, 15) is 0 Å². The average Bonchev–Trinajstić information content (AvgIpc) is 3.59. The molecule has 10 rings (SSSR count). The van der Waals surface area contributed by atoms with Crippen LogP contribution in [0.15, 0.2) is 169 Å². The summed E-state index contributed by atoms with van der Waals surface area (Å²) < 4.78 is 2.39. The highest BCUT2D eigenvalue weighted by Gasteiger charge is 2.34. The Kier molecular flexibility index (Phi) is 6.97. The Morgan fingerprint density at radius 1 is 0.491 bits per heavy atom. The van der Waals surface area contributed by atoms with Crippen molar-refractivity contribution in [3.05, 3.63) is 191 Å². The van der Waals surface area contributed by atoms with Crippen molar-refractivity contribution in [3.8, 4) is 27.9 Å². The Labute approximate surface area is 310 Å². The van der Waals surface area contributed by atoms with Gasteiger partial charge in [-0.05, 0) is 126 Å². The molecule has 1 heterocycles. The Bertz CT molecular complexity index is 3060. The van der Waals surface area contributed by atoms with Crippen LogP contribution in [0.5, 0.6) is 0 Å². The van der Waals surface area contributed by atoms with Crippen molar-refractivity contribution in [2.45, 2.75) is 26.2 Å². The lowest BCUT2D eigenvalue weighted by Crippen LogP contribution is -2.29. The fourth-order valence-corrected chi connectivity index (χ4v) is 9.07. The molecule has 0 saturated carbocycles. The number of para-hydroxylation sites is 1. The van der Waals surface area contributed by atoms with Gasteiger partial charge in [-0.3, -0.25) is 0 Å². The summed E-state index contributed by atoms with van der Waals surface area (Å²) in [5, 5.41) is 11.1. The van der Waals surface area contributed by atoms with E-state index in [0.29, 0.717) is 0 Å². The van der Waals surface area contributed by atoms with Crippen LogP contribution >= 0.6 is 0 Å². The summed E-state index contributed by atoms with van der Waals surface area (Å²) in [6, 6.07) is 59.9. The number of aromatic nitrogens is 1. The third-order valence-electron chi connectivity index (χ3n) is 11.8. The van der Waals surface area contributed by atoms with Gasteiger partial charge in [-0.1, -0.05) is 148 Å². The van der Waals surface area contributed by atoms with Crippen molar-refractivity contribution in [2.75, 3.05) is 0 Å². The predicted octanol–water partition coefficient (Wildman–Crippen LogP) is 12.4. The average molecular weight is 678 g/mol. The summed E-state index contributed by atoms with van der Waals surface area (Å²) in [7, 11) is 0. The number of allylic oxidation sites excluding steroid dienone is 2. The number of benzene rings is 8. The standard InChI is InChI=1S/C52H39N/c1-33-40-19-12-13-24-48(40)52(3,4)49(33)32-51-34(2)46-30-38(26-28-50(46)53(51)39-17-6-5-7-18-39)36-16-14-15-35(29-36)37-25-27-45-43-22-9-8-20-41(43)42-21-10-11-23-44(42)47(45)31-37/h5-32H,2H2,1,3-4H3/b51-32+. The van der Waals surface area contributed by atoms with E-state index in [-0.39, 0.29) is 5.41 Å². The number of rotatable bonds is 4. The van der Waals surface area contributed by atoms with E-state index >= 15 is 0 Å². The first-order chi connectivity index (χ1) is 25.9. The molecule has 1 aromatic heterocycles. The van der Waals surface area contributed by atoms with Crippen LogP contribution in [0, 0.1) is 0 Å². The van der Waals surface area contributed by atoms with Gasteiger partial charge in [0.15, 0.2) is 0 Å². The van der Waals surface area contributed by atoms with E-state index < -0.39 is 0 Å². The van der Waals surface area contributed by atoms with Crippen LogP contribution in [0.3, 0.4) is 0 Å². The van der Waals surface area contributed by atoms with Crippen LogP contribution in [-0.4, -0.2) is 4.57 Å². The first-order valence-electron chi connectivity index (χ1n) is 18.5. The van der Waals surface area contributed by atoms with E-state index in [4.69, 9.17) is 6.58 Å². The summed E-state index contributed by atoms with van der Waals surface area (Å²) >= 11 is 0. The summed E-state index contributed by atoms with van der Waals surface area (Å²) in [6.07, 6.45) is 2.40. The van der Waals surface area contributed by atoms with E-state index in [1.807, 2.05) is 0 Å². The van der Waals surface area contributed by atoms with Crippen molar-refractivity contribution < 1.29 is 0 Å². The third kappa shape index (κ3) is 4.77. The molecule has 0 radical (unpaired) electrons. The van der Waals surface area contributed by atoms with Crippen LogP contribution in [0.4, 0.5) is 0 Å². The lowest BCUT2D eigenvalue weighted by molar-refractivity contribution is 0.660. The highest BCUT2D eigenvalue weighted by Crippen LogP contribution is 2.46. The first-order valence-corrected chi connectivity index (χ1v) is 18.5. The van der Waals surface area contributed by atoms with Gasteiger partial charge in [-0.15, -0.1) is 0 Å². The van der Waals surface area contributed by atoms with E-state index in [0.717, 1.165) is 21.8 Å². The van der Waals surface area contributed by atoms with Crippen LogP contribution in [0.1, 0.15) is 31.9 Å². The van der Waals surface area contributed by atoms with Gasteiger partial charge in [0.05, 0.1) is 10.9 Å². The molecular formula is C52H39N. The molecule has 1 aliphatic carbocycles. The number of nitrogens with zero attached hydrogens (tertiary/aromatic N) is 1. The largest absolute Gasteiger partial charge is 0.309 e. The topological polar surface area (TPSA) is 4.93 Å². The van der Waals surface area contributed by atoms with Gasteiger partial charge >= 0.3 is 0 Å². The molecule has 0 aliphatic heterocycles. The molecule has 1 aliphatic rings. The van der Waals surface area contributed by atoms with Crippen molar-refractivity contribution >= 4 is 61.4 Å². The molecule has 53 heavy (non-hydrogen) atoms. The Morgan fingerprint density at radius 3 is 1.68 bits per heavy atom. The number of fused-ring (bicyclic) bond motifs is 8. The zero-order chi connectivity index (χ0) is 35.8. The molecule has 0 spiro atoms. The fourth-order valence-electron chi connectivity index (χ4n) is 9.07. The lowest BCUT2D eigenvalue weighted by Gasteiger charge is -2.23. The third-order valence-corrected chi connectivity index (χ3v) is 11.8. The minimum atomic E-state index is -0.112. The van der Waals surface area contributed by atoms with Gasteiger partial charge in [-0.25, -0.2) is 0 Å². The smallest absolute Gasteiger partial charge is 0.0541 e. The predicted molar refractivity (Wildman–Crippen MR) is 228 cm³/mol.